The number of hydrogen-bond acceptors (Lipinski definition) is 5. The predicted octanol–water partition coefficient (Wildman–Crippen LogP) is 2.79. The number of urea groups is 1. The lowest BCUT2D eigenvalue weighted by Gasteiger charge is -2.00. The van der Waals surface area contributed by atoms with Crippen LogP contribution in [0.4, 0.5) is 4.79 Å². The molecule has 132 valence electrons. The van der Waals surface area contributed by atoms with Crippen molar-refractivity contribution in [2.75, 3.05) is 14.2 Å². The van der Waals surface area contributed by atoms with Crippen molar-refractivity contribution in [1.29, 1.82) is 0 Å². The quantitative estimate of drug-likeness (QED) is 0.612. The zero-order valence-corrected chi connectivity index (χ0v) is 14.6. The molecule has 0 bridgehead atoms. The van der Waals surface area contributed by atoms with Crippen molar-refractivity contribution in [3.05, 3.63) is 59.7 Å². The van der Waals surface area contributed by atoms with Gasteiger partial charge in [-0.25, -0.2) is 15.6 Å². The van der Waals surface area contributed by atoms with E-state index in [0.717, 1.165) is 22.6 Å². The molecule has 2 amide bonds. The third-order valence-electron chi connectivity index (χ3n) is 2.99. The molecule has 0 heterocycles. The molecule has 2 aromatic carbocycles. The molecule has 8 heteroatoms. The fraction of sp³-hybridized carbons (Fsp3) is 0.118. The Labute approximate surface area is 152 Å². The van der Waals surface area contributed by atoms with Gasteiger partial charge in [0.2, 0.25) is 0 Å². The Hall–Kier alpha value is -3.06. The highest BCUT2D eigenvalue weighted by Gasteiger charge is 1.95. The van der Waals surface area contributed by atoms with E-state index < -0.39 is 6.03 Å². The van der Waals surface area contributed by atoms with E-state index in [1.54, 1.807) is 38.5 Å². The molecule has 0 aliphatic rings. The molecule has 25 heavy (non-hydrogen) atoms. The number of nitrogens with one attached hydrogen (secondary N) is 2. The first kappa shape index (κ1) is 20.0. The Morgan fingerprint density at radius 3 is 1.48 bits per heavy atom. The van der Waals surface area contributed by atoms with Crippen molar-refractivity contribution in [2.24, 2.45) is 10.2 Å². The highest BCUT2D eigenvalue weighted by atomic mass is 35.5. The minimum Gasteiger partial charge on any atom is -0.497 e. The zero-order valence-electron chi connectivity index (χ0n) is 13.8. The second-order valence-electron chi connectivity index (χ2n) is 4.62. The second kappa shape index (κ2) is 10.7. The van der Waals surface area contributed by atoms with Crippen LogP contribution in [0.15, 0.2) is 58.7 Å². The number of carbonyl (C=O) groups excluding carboxylic acids is 1. The van der Waals surface area contributed by atoms with Crippen LogP contribution >= 0.6 is 12.4 Å². The largest absolute Gasteiger partial charge is 0.497 e. The number of hydrogen-bond donors (Lipinski definition) is 2. The van der Waals surface area contributed by atoms with Gasteiger partial charge < -0.3 is 9.47 Å². The van der Waals surface area contributed by atoms with Crippen LogP contribution in [0.5, 0.6) is 11.5 Å². The number of halogens is 1. The smallest absolute Gasteiger partial charge is 0.355 e. The van der Waals surface area contributed by atoms with Crippen LogP contribution in [0.3, 0.4) is 0 Å². The second-order valence-corrected chi connectivity index (χ2v) is 4.62. The fourth-order valence-corrected chi connectivity index (χ4v) is 1.74. The summed E-state index contributed by atoms with van der Waals surface area (Å²) in [5, 5.41) is 7.65. The number of rotatable bonds is 6. The van der Waals surface area contributed by atoms with Gasteiger partial charge in [0, 0.05) is 0 Å². The van der Waals surface area contributed by atoms with E-state index in [0.29, 0.717) is 0 Å². The summed E-state index contributed by atoms with van der Waals surface area (Å²) in [4.78, 5) is 11.5. The fourth-order valence-electron chi connectivity index (χ4n) is 1.74. The molecule has 7 nitrogen and oxygen atoms in total. The minimum absolute atomic E-state index is 0. The van der Waals surface area contributed by atoms with E-state index in [4.69, 9.17) is 9.47 Å². The van der Waals surface area contributed by atoms with Crippen LogP contribution in [0, 0.1) is 0 Å². The third-order valence-corrected chi connectivity index (χ3v) is 2.99. The predicted molar refractivity (Wildman–Crippen MR) is 100 cm³/mol. The Kier molecular flexibility index (Phi) is 8.53. The molecule has 0 aliphatic carbocycles. The van der Waals surface area contributed by atoms with Gasteiger partial charge in [-0.3, -0.25) is 0 Å². The van der Waals surface area contributed by atoms with E-state index >= 15 is 0 Å². The van der Waals surface area contributed by atoms with Crippen molar-refractivity contribution in [3.8, 4) is 11.5 Å². The molecular weight excluding hydrogens is 344 g/mol. The maximum absolute atomic E-state index is 11.5. The monoisotopic (exact) mass is 362 g/mol. The first-order valence-electron chi connectivity index (χ1n) is 7.11. The van der Waals surface area contributed by atoms with Gasteiger partial charge in [-0.05, 0) is 59.7 Å². The number of methoxy groups -OCH3 is 2. The SMILES string of the molecule is COc1ccc(/C=N/NC(=O)N/N=C/c2ccc(OC)cc2)cc1.Cl. The summed E-state index contributed by atoms with van der Waals surface area (Å²) < 4.78 is 10.1. The molecule has 2 aromatic rings. The van der Waals surface area contributed by atoms with Crippen molar-refractivity contribution in [1.82, 2.24) is 10.9 Å². The topological polar surface area (TPSA) is 84.3 Å². The maximum atomic E-state index is 11.5. The summed E-state index contributed by atoms with van der Waals surface area (Å²) in [6, 6.07) is 14.0. The standard InChI is InChI=1S/C17H18N4O3.ClH/c1-23-15-7-3-13(4-8-15)11-18-20-17(22)21-19-12-14-5-9-16(24-2)10-6-14;/h3-12H,1-2H3,(H2,20,21,22);1H/b18-11+,19-12+;. The number of amides is 2. The van der Waals surface area contributed by atoms with Crippen molar-refractivity contribution in [2.45, 2.75) is 0 Å². The van der Waals surface area contributed by atoms with E-state index in [2.05, 4.69) is 21.1 Å². The molecule has 0 atom stereocenters. The van der Waals surface area contributed by atoms with E-state index in [1.807, 2.05) is 24.3 Å². The summed E-state index contributed by atoms with van der Waals surface area (Å²) in [5.41, 5.74) is 6.30. The van der Waals surface area contributed by atoms with Crippen molar-refractivity contribution in [3.63, 3.8) is 0 Å². The minimum atomic E-state index is -0.537. The van der Waals surface area contributed by atoms with Crippen LogP contribution in [-0.4, -0.2) is 32.7 Å². The van der Waals surface area contributed by atoms with Gasteiger partial charge in [-0.1, -0.05) is 0 Å². The average molecular weight is 363 g/mol. The van der Waals surface area contributed by atoms with Gasteiger partial charge in [0.05, 0.1) is 26.6 Å². The van der Waals surface area contributed by atoms with Crippen LogP contribution < -0.4 is 20.3 Å². The highest BCUT2D eigenvalue weighted by molar-refractivity contribution is 5.85. The van der Waals surface area contributed by atoms with E-state index in [9.17, 15) is 4.79 Å². The zero-order chi connectivity index (χ0) is 17.2. The molecule has 0 aliphatic heterocycles. The maximum Gasteiger partial charge on any atom is 0.355 e. The lowest BCUT2D eigenvalue weighted by molar-refractivity contribution is 0.242. The number of nitrogens with zero attached hydrogens (tertiary/aromatic N) is 2. The van der Waals surface area contributed by atoms with Crippen molar-refractivity contribution >= 4 is 30.9 Å². The van der Waals surface area contributed by atoms with Gasteiger partial charge in [0.25, 0.3) is 0 Å². The molecule has 2 N–H and O–H groups in total. The molecule has 2 rings (SSSR count). The molecule has 0 saturated carbocycles. The van der Waals surface area contributed by atoms with Crippen LogP contribution in [0.25, 0.3) is 0 Å². The van der Waals surface area contributed by atoms with Crippen molar-refractivity contribution < 1.29 is 14.3 Å². The Bertz CT molecular complexity index is 654. The van der Waals surface area contributed by atoms with Gasteiger partial charge >= 0.3 is 6.03 Å². The highest BCUT2D eigenvalue weighted by Crippen LogP contribution is 2.10. The number of carbonyl (C=O) groups is 1. The Balaban J connectivity index is 0.00000312. The van der Waals surface area contributed by atoms with Crippen LogP contribution in [0.2, 0.25) is 0 Å². The summed E-state index contributed by atoms with van der Waals surface area (Å²) in [6.07, 6.45) is 3.04. The van der Waals surface area contributed by atoms with E-state index in [-0.39, 0.29) is 12.4 Å². The average Bonchev–Trinajstić information content (AvgIpc) is 2.63. The molecule has 0 spiro atoms. The summed E-state index contributed by atoms with van der Waals surface area (Å²) in [6.45, 7) is 0. The molecular formula is C17H19ClN4O3. The molecule has 0 aromatic heterocycles. The summed E-state index contributed by atoms with van der Waals surface area (Å²) in [5.74, 6) is 1.51. The summed E-state index contributed by atoms with van der Waals surface area (Å²) in [7, 11) is 3.20. The number of ether oxygens (including phenoxy) is 2. The lowest BCUT2D eigenvalue weighted by atomic mass is 10.2. The van der Waals surface area contributed by atoms with Gasteiger partial charge in [-0.15, -0.1) is 12.4 Å². The van der Waals surface area contributed by atoms with Gasteiger partial charge in [-0.2, -0.15) is 10.2 Å². The normalized spacial score (nSPS) is 10.3. The number of hydrazone groups is 2. The lowest BCUT2D eigenvalue weighted by Crippen LogP contribution is -2.28. The molecule has 0 radical (unpaired) electrons. The first-order chi connectivity index (χ1) is 11.7. The van der Waals surface area contributed by atoms with Crippen LogP contribution in [0.1, 0.15) is 11.1 Å². The Morgan fingerprint density at radius 2 is 1.16 bits per heavy atom. The Morgan fingerprint density at radius 1 is 0.800 bits per heavy atom. The van der Waals surface area contributed by atoms with E-state index in [1.165, 1.54) is 12.4 Å². The van der Waals surface area contributed by atoms with Gasteiger partial charge in [0.15, 0.2) is 0 Å². The third kappa shape index (κ3) is 6.92. The molecule has 0 fully saturated rings. The molecule has 0 unspecified atom stereocenters. The summed E-state index contributed by atoms with van der Waals surface area (Å²) >= 11 is 0. The van der Waals surface area contributed by atoms with Crippen LogP contribution in [-0.2, 0) is 0 Å². The molecule has 0 saturated heterocycles. The number of benzene rings is 2. The van der Waals surface area contributed by atoms with Gasteiger partial charge in [0.1, 0.15) is 11.5 Å². The first-order valence-corrected chi connectivity index (χ1v) is 7.11.